The molecule has 0 bridgehead atoms. The average Bonchev–Trinajstić information content (AvgIpc) is 2.55. The van der Waals surface area contributed by atoms with E-state index in [1.807, 2.05) is 0 Å². The van der Waals surface area contributed by atoms with Gasteiger partial charge in [0.05, 0.1) is 12.2 Å². The van der Waals surface area contributed by atoms with Crippen LogP contribution in [-0.4, -0.2) is 11.9 Å². The highest BCUT2D eigenvalue weighted by Crippen LogP contribution is 2.38. The summed E-state index contributed by atoms with van der Waals surface area (Å²) in [6, 6.07) is 12.3. The van der Waals surface area contributed by atoms with Crippen LogP contribution in [0.2, 0.25) is 0 Å². The molecular weight excluding hydrogens is 312 g/mol. The molecule has 1 aliphatic rings. The molecule has 1 saturated heterocycles. The minimum absolute atomic E-state index is 0.0543. The monoisotopic (exact) mass is 331 g/mol. The van der Waals surface area contributed by atoms with E-state index < -0.39 is 0 Å². The van der Waals surface area contributed by atoms with E-state index in [-0.39, 0.29) is 35.8 Å². The summed E-state index contributed by atoms with van der Waals surface area (Å²) < 4.78 is 32.5. The van der Waals surface area contributed by atoms with Gasteiger partial charge in [-0.2, -0.15) is 0 Å². The van der Waals surface area contributed by atoms with Crippen molar-refractivity contribution >= 4 is 5.91 Å². The molecule has 24 heavy (non-hydrogen) atoms. The molecule has 3 nitrogen and oxygen atoms in total. The van der Waals surface area contributed by atoms with Crippen LogP contribution in [0.3, 0.4) is 0 Å². The highest BCUT2D eigenvalue weighted by molar-refractivity contribution is 5.73. The summed E-state index contributed by atoms with van der Waals surface area (Å²) in [5, 5.41) is 2.94. The number of ether oxygens (including phenoxy) is 1. The fourth-order valence-electron chi connectivity index (χ4n) is 3.11. The second-order valence-corrected chi connectivity index (χ2v) is 6.09. The molecule has 1 N–H and O–H groups in total. The van der Waals surface area contributed by atoms with Crippen LogP contribution in [-0.2, 0) is 9.53 Å². The van der Waals surface area contributed by atoms with Crippen LogP contribution in [0.25, 0.3) is 0 Å². The molecule has 2 aromatic rings. The van der Waals surface area contributed by atoms with Crippen LogP contribution >= 0.6 is 0 Å². The number of amides is 1. The maximum Gasteiger partial charge on any atom is 0.217 e. The molecule has 1 heterocycles. The molecule has 0 saturated carbocycles. The van der Waals surface area contributed by atoms with Gasteiger partial charge >= 0.3 is 0 Å². The van der Waals surface area contributed by atoms with Crippen LogP contribution < -0.4 is 5.32 Å². The van der Waals surface area contributed by atoms with E-state index in [0.29, 0.717) is 12.8 Å². The first kappa shape index (κ1) is 16.6. The zero-order valence-corrected chi connectivity index (χ0v) is 13.3. The lowest BCUT2D eigenvalue weighted by atomic mass is 9.91. The quantitative estimate of drug-likeness (QED) is 0.921. The molecule has 126 valence electrons. The molecular formula is C19H19F2NO2. The molecule has 3 rings (SSSR count). The van der Waals surface area contributed by atoms with Gasteiger partial charge in [-0.15, -0.1) is 0 Å². The van der Waals surface area contributed by atoms with Gasteiger partial charge in [0.25, 0.3) is 0 Å². The Kier molecular flexibility index (Phi) is 4.90. The van der Waals surface area contributed by atoms with Gasteiger partial charge in [-0.3, -0.25) is 4.79 Å². The van der Waals surface area contributed by atoms with E-state index in [0.717, 1.165) is 11.1 Å². The number of benzene rings is 2. The van der Waals surface area contributed by atoms with Crippen LogP contribution in [0.15, 0.2) is 48.5 Å². The largest absolute Gasteiger partial charge is 0.365 e. The second kappa shape index (κ2) is 7.09. The lowest BCUT2D eigenvalue weighted by Crippen LogP contribution is -2.39. The molecule has 1 amide bonds. The zero-order valence-electron chi connectivity index (χ0n) is 13.3. The molecule has 1 unspecified atom stereocenters. The van der Waals surface area contributed by atoms with Crippen LogP contribution in [0.4, 0.5) is 8.78 Å². The Morgan fingerprint density at radius 2 is 1.33 bits per heavy atom. The van der Waals surface area contributed by atoms with Crippen LogP contribution in [0.5, 0.6) is 0 Å². The molecule has 5 heteroatoms. The van der Waals surface area contributed by atoms with Gasteiger partial charge in [-0.25, -0.2) is 8.78 Å². The van der Waals surface area contributed by atoms with Crippen LogP contribution in [0, 0.1) is 11.6 Å². The Labute approximate surface area is 139 Å². The van der Waals surface area contributed by atoms with E-state index >= 15 is 0 Å². The molecule has 2 aromatic carbocycles. The van der Waals surface area contributed by atoms with Crippen molar-refractivity contribution < 1.29 is 18.3 Å². The van der Waals surface area contributed by atoms with E-state index in [4.69, 9.17) is 4.74 Å². The van der Waals surface area contributed by atoms with Crippen molar-refractivity contribution in [2.45, 2.75) is 38.0 Å². The molecule has 1 aliphatic heterocycles. The molecule has 1 fully saturated rings. The fourth-order valence-corrected chi connectivity index (χ4v) is 3.11. The van der Waals surface area contributed by atoms with Gasteiger partial charge in [-0.1, -0.05) is 24.3 Å². The normalized spacial score (nSPS) is 23.7. The minimum atomic E-state index is -0.303. The predicted molar refractivity (Wildman–Crippen MR) is 86.2 cm³/mol. The molecule has 0 aliphatic carbocycles. The van der Waals surface area contributed by atoms with Gasteiger partial charge in [0.1, 0.15) is 11.6 Å². The third-order valence-corrected chi connectivity index (χ3v) is 4.22. The first-order valence-electron chi connectivity index (χ1n) is 7.95. The van der Waals surface area contributed by atoms with Gasteiger partial charge in [0.15, 0.2) is 0 Å². The maximum absolute atomic E-state index is 13.1. The Bertz CT molecular complexity index is 647. The lowest BCUT2D eigenvalue weighted by Gasteiger charge is -2.36. The summed E-state index contributed by atoms with van der Waals surface area (Å²) in [6.45, 7) is 1.48. The van der Waals surface area contributed by atoms with E-state index in [1.165, 1.54) is 31.2 Å². The van der Waals surface area contributed by atoms with E-state index in [9.17, 15) is 13.6 Å². The number of halogens is 2. The standard InChI is InChI=1S/C19H19F2NO2/c1-12(23)22-17-10-18(13-2-6-15(20)7-3-13)24-19(11-17)14-4-8-16(21)9-5-14/h2-9,17-19H,10-11H2,1H3,(H,22,23)/t17?,18-,19+. The highest BCUT2D eigenvalue weighted by atomic mass is 19.1. The van der Waals surface area contributed by atoms with Gasteiger partial charge < -0.3 is 10.1 Å². The predicted octanol–water partition coefficient (Wildman–Crippen LogP) is 4.06. The summed E-state index contributed by atoms with van der Waals surface area (Å²) in [4.78, 5) is 11.4. The molecule has 0 spiro atoms. The average molecular weight is 331 g/mol. The second-order valence-electron chi connectivity index (χ2n) is 6.09. The fraction of sp³-hybridized carbons (Fsp3) is 0.316. The summed E-state index contributed by atoms with van der Waals surface area (Å²) in [5.41, 5.74) is 1.72. The Morgan fingerprint density at radius 1 is 0.917 bits per heavy atom. The Hall–Kier alpha value is -2.27. The number of nitrogens with one attached hydrogen (secondary N) is 1. The number of hydrogen-bond donors (Lipinski definition) is 1. The van der Waals surface area contributed by atoms with Crippen LogP contribution in [0.1, 0.15) is 43.1 Å². The molecule has 3 atom stereocenters. The number of carbonyl (C=O) groups excluding carboxylic acids is 1. The highest BCUT2D eigenvalue weighted by Gasteiger charge is 2.31. The van der Waals surface area contributed by atoms with Crippen molar-refractivity contribution in [2.24, 2.45) is 0 Å². The van der Waals surface area contributed by atoms with Crippen molar-refractivity contribution in [2.75, 3.05) is 0 Å². The Morgan fingerprint density at radius 3 is 1.71 bits per heavy atom. The SMILES string of the molecule is CC(=O)NC1C[C@@H](c2ccc(F)cc2)O[C@@H](c2ccc(F)cc2)C1. The molecule has 0 aromatic heterocycles. The van der Waals surface area contributed by atoms with E-state index in [2.05, 4.69) is 5.32 Å². The Balaban J connectivity index is 1.84. The van der Waals surface area contributed by atoms with Crippen molar-refractivity contribution in [3.8, 4) is 0 Å². The number of carbonyl (C=O) groups is 1. The van der Waals surface area contributed by atoms with E-state index in [1.54, 1.807) is 24.3 Å². The number of rotatable bonds is 3. The van der Waals surface area contributed by atoms with Crippen molar-refractivity contribution in [3.05, 3.63) is 71.3 Å². The molecule has 0 radical (unpaired) electrons. The smallest absolute Gasteiger partial charge is 0.217 e. The van der Waals surface area contributed by atoms with Gasteiger partial charge in [-0.05, 0) is 48.2 Å². The third-order valence-electron chi connectivity index (χ3n) is 4.22. The summed E-state index contributed by atoms with van der Waals surface area (Å²) in [6.07, 6.45) is 0.712. The zero-order chi connectivity index (χ0) is 17.1. The first-order valence-corrected chi connectivity index (χ1v) is 7.95. The summed E-state index contributed by atoms with van der Waals surface area (Å²) >= 11 is 0. The lowest BCUT2D eigenvalue weighted by molar-refractivity contribution is -0.122. The summed E-state index contributed by atoms with van der Waals surface area (Å²) in [5.74, 6) is -0.705. The van der Waals surface area contributed by atoms with Crippen molar-refractivity contribution in [3.63, 3.8) is 0 Å². The van der Waals surface area contributed by atoms with Gasteiger partial charge in [0.2, 0.25) is 5.91 Å². The van der Waals surface area contributed by atoms with Crippen molar-refractivity contribution in [1.29, 1.82) is 0 Å². The van der Waals surface area contributed by atoms with Gasteiger partial charge in [0, 0.05) is 13.0 Å². The maximum atomic E-state index is 13.1. The third kappa shape index (κ3) is 3.97. The minimum Gasteiger partial charge on any atom is -0.365 e. The topological polar surface area (TPSA) is 38.3 Å². The first-order chi connectivity index (χ1) is 11.5. The summed E-state index contributed by atoms with van der Waals surface area (Å²) in [7, 11) is 0. The van der Waals surface area contributed by atoms with Crippen molar-refractivity contribution in [1.82, 2.24) is 5.32 Å². The number of hydrogen-bond acceptors (Lipinski definition) is 2.